The third-order valence-corrected chi connectivity index (χ3v) is 6.24. The zero-order valence-corrected chi connectivity index (χ0v) is 17.5. The number of amides is 1. The number of nitrogens with one attached hydrogen (secondary N) is 1. The van der Waals surface area contributed by atoms with Crippen molar-refractivity contribution >= 4 is 15.9 Å². The second-order valence-electron chi connectivity index (χ2n) is 7.38. The normalized spacial score (nSPS) is 15.9. The summed E-state index contributed by atoms with van der Waals surface area (Å²) in [6, 6.07) is 15.0. The van der Waals surface area contributed by atoms with Crippen LogP contribution in [0.5, 0.6) is 0 Å². The van der Waals surface area contributed by atoms with Crippen molar-refractivity contribution in [2.45, 2.75) is 18.4 Å². The zero-order chi connectivity index (χ0) is 20.9. The molecule has 2 aromatic rings. The third kappa shape index (κ3) is 6.11. The Balaban J connectivity index is 1.43. The van der Waals surface area contributed by atoms with Crippen LogP contribution in [0.1, 0.15) is 21.5 Å². The number of aryl methyl sites for hydroxylation is 1. The van der Waals surface area contributed by atoms with Crippen molar-refractivity contribution in [1.29, 1.82) is 0 Å². The molecule has 8 heteroatoms. The molecule has 0 radical (unpaired) electrons. The molecule has 0 aromatic heterocycles. The Morgan fingerprint density at radius 1 is 1.03 bits per heavy atom. The summed E-state index contributed by atoms with van der Waals surface area (Å²) in [5.74, 6) is -0.294. The van der Waals surface area contributed by atoms with Crippen LogP contribution in [0.4, 0.5) is 0 Å². The highest BCUT2D eigenvalue weighted by Gasteiger charge is 2.18. The molecule has 29 heavy (non-hydrogen) atoms. The van der Waals surface area contributed by atoms with Gasteiger partial charge in [0.1, 0.15) is 0 Å². The molecule has 7 nitrogen and oxygen atoms in total. The average molecular weight is 417 g/mol. The molecule has 1 heterocycles. The number of nitrogens with two attached hydrogens (primary N) is 1. The van der Waals surface area contributed by atoms with Crippen molar-refractivity contribution < 1.29 is 13.2 Å². The number of nitrogens with zero attached hydrogens (tertiary/aromatic N) is 2. The maximum atomic E-state index is 12.4. The van der Waals surface area contributed by atoms with E-state index in [-0.39, 0.29) is 10.8 Å². The van der Waals surface area contributed by atoms with Gasteiger partial charge in [0, 0.05) is 51.4 Å². The topological polar surface area (TPSA) is 95.7 Å². The maximum absolute atomic E-state index is 12.4. The van der Waals surface area contributed by atoms with Gasteiger partial charge in [-0.1, -0.05) is 36.4 Å². The lowest BCUT2D eigenvalue weighted by atomic mass is 10.1. The van der Waals surface area contributed by atoms with E-state index >= 15 is 0 Å². The predicted molar refractivity (Wildman–Crippen MR) is 113 cm³/mol. The lowest BCUT2D eigenvalue weighted by Gasteiger charge is -2.34. The van der Waals surface area contributed by atoms with Gasteiger partial charge >= 0.3 is 0 Å². The zero-order valence-electron chi connectivity index (χ0n) is 16.7. The van der Waals surface area contributed by atoms with E-state index < -0.39 is 10.0 Å². The number of primary sulfonamides is 1. The number of rotatable bonds is 7. The first-order valence-corrected chi connectivity index (χ1v) is 11.3. The summed E-state index contributed by atoms with van der Waals surface area (Å²) in [7, 11) is -3.85. The average Bonchev–Trinajstić information content (AvgIpc) is 2.69. The number of carbonyl (C=O) groups is 1. The predicted octanol–water partition coefficient (Wildman–Crippen LogP) is 1.19. The van der Waals surface area contributed by atoms with Crippen molar-refractivity contribution in [3.63, 3.8) is 0 Å². The van der Waals surface area contributed by atoms with Crippen LogP contribution < -0.4 is 10.5 Å². The van der Waals surface area contributed by atoms with Gasteiger partial charge in [-0.2, -0.15) is 0 Å². The molecule has 1 aliphatic rings. The van der Waals surface area contributed by atoms with Crippen molar-refractivity contribution in [2.24, 2.45) is 5.14 Å². The highest BCUT2D eigenvalue weighted by atomic mass is 32.2. The fourth-order valence-corrected chi connectivity index (χ4v) is 4.30. The molecule has 1 amide bonds. The van der Waals surface area contributed by atoms with E-state index in [0.29, 0.717) is 17.7 Å². The van der Waals surface area contributed by atoms with Gasteiger partial charge in [0.2, 0.25) is 10.0 Å². The van der Waals surface area contributed by atoms with Gasteiger partial charge in [0.05, 0.1) is 4.90 Å². The first-order valence-electron chi connectivity index (χ1n) is 9.73. The van der Waals surface area contributed by atoms with E-state index in [4.69, 9.17) is 5.14 Å². The molecule has 2 aromatic carbocycles. The van der Waals surface area contributed by atoms with Gasteiger partial charge in [-0.15, -0.1) is 0 Å². The Hall–Kier alpha value is -2.26. The highest BCUT2D eigenvalue weighted by Crippen LogP contribution is 2.15. The standard InChI is InChI=1S/C21H28N4O3S/c1-17-7-8-19(15-20(17)29(22,27)28)21(26)23-9-10-24-11-13-25(14-12-24)16-18-5-3-2-4-6-18/h2-8,15H,9-14,16H2,1H3,(H,23,26)(H2,22,27,28). The molecule has 1 saturated heterocycles. The minimum absolute atomic E-state index is 0.0142. The fourth-order valence-electron chi connectivity index (χ4n) is 3.49. The fraction of sp³-hybridized carbons (Fsp3) is 0.381. The quantitative estimate of drug-likeness (QED) is 0.707. The highest BCUT2D eigenvalue weighted by molar-refractivity contribution is 7.89. The Bertz CT molecular complexity index is 940. The van der Waals surface area contributed by atoms with Crippen molar-refractivity contribution in [1.82, 2.24) is 15.1 Å². The van der Waals surface area contributed by atoms with Gasteiger partial charge in [0.25, 0.3) is 5.91 Å². The number of piperazine rings is 1. The van der Waals surface area contributed by atoms with E-state index in [1.54, 1.807) is 19.1 Å². The van der Waals surface area contributed by atoms with E-state index in [2.05, 4.69) is 39.4 Å². The van der Waals surface area contributed by atoms with Crippen LogP contribution in [-0.2, 0) is 16.6 Å². The maximum Gasteiger partial charge on any atom is 0.251 e. The molecular weight excluding hydrogens is 388 g/mol. The van der Waals surface area contributed by atoms with Crippen molar-refractivity contribution in [2.75, 3.05) is 39.3 Å². The summed E-state index contributed by atoms with van der Waals surface area (Å²) in [5, 5.41) is 8.08. The molecule has 3 rings (SSSR count). The van der Waals surface area contributed by atoms with Gasteiger partial charge in [0.15, 0.2) is 0 Å². The monoisotopic (exact) mass is 416 g/mol. The lowest BCUT2D eigenvalue weighted by molar-refractivity contribution is 0.0934. The smallest absolute Gasteiger partial charge is 0.251 e. The number of sulfonamides is 1. The minimum Gasteiger partial charge on any atom is -0.351 e. The first-order chi connectivity index (χ1) is 13.8. The molecule has 0 aliphatic carbocycles. The molecule has 0 saturated carbocycles. The van der Waals surface area contributed by atoms with Gasteiger partial charge < -0.3 is 5.32 Å². The molecule has 3 N–H and O–H groups in total. The second kappa shape index (κ2) is 9.49. The largest absolute Gasteiger partial charge is 0.351 e. The Morgan fingerprint density at radius 2 is 1.69 bits per heavy atom. The Kier molecular flexibility index (Phi) is 7.02. The Labute approximate surface area is 172 Å². The SMILES string of the molecule is Cc1ccc(C(=O)NCCN2CCN(Cc3ccccc3)CC2)cc1S(N)(=O)=O. The molecule has 0 spiro atoms. The van der Waals surface area contributed by atoms with Gasteiger partial charge in [-0.3, -0.25) is 14.6 Å². The molecular formula is C21H28N4O3S. The van der Waals surface area contributed by atoms with Crippen LogP contribution in [0.2, 0.25) is 0 Å². The van der Waals surface area contributed by atoms with Crippen molar-refractivity contribution in [3.8, 4) is 0 Å². The summed E-state index contributed by atoms with van der Waals surface area (Å²) in [5.41, 5.74) is 2.15. The molecule has 156 valence electrons. The third-order valence-electron chi connectivity index (χ3n) is 5.18. The van der Waals surface area contributed by atoms with E-state index in [1.807, 2.05) is 6.07 Å². The summed E-state index contributed by atoms with van der Waals surface area (Å²) < 4.78 is 23.3. The first kappa shape index (κ1) is 21.4. The van der Waals surface area contributed by atoms with E-state index in [9.17, 15) is 13.2 Å². The van der Waals surface area contributed by atoms with Crippen LogP contribution in [0.3, 0.4) is 0 Å². The van der Waals surface area contributed by atoms with Crippen LogP contribution >= 0.6 is 0 Å². The minimum atomic E-state index is -3.85. The Morgan fingerprint density at radius 3 is 2.34 bits per heavy atom. The number of hydrogen-bond acceptors (Lipinski definition) is 5. The summed E-state index contributed by atoms with van der Waals surface area (Å²) in [6.45, 7) is 7.81. The van der Waals surface area contributed by atoms with Crippen LogP contribution in [0.15, 0.2) is 53.4 Å². The van der Waals surface area contributed by atoms with Crippen molar-refractivity contribution in [3.05, 3.63) is 65.2 Å². The van der Waals surface area contributed by atoms with Crippen LogP contribution in [0.25, 0.3) is 0 Å². The number of hydrogen-bond donors (Lipinski definition) is 2. The summed E-state index contributed by atoms with van der Waals surface area (Å²) in [6.07, 6.45) is 0. The van der Waals surface area contributed by atoms with E-state index in [1.165, 1.54) is 11.6 Å². The number of carbonyl (C=O) groups excluding carboxylic acids is 1. The molecule has 1 aliphatic heterocycles. The summed E-state index contributed by atoms with van der Waals surface area (Å²) in [4.78, 5) is 17.1. The van der Waals surface area contributed by atoms with Gasteiger partial charge in [-0.05, 0) is 30.2 Å². The van der Waals surface area contributed by atoms with Crippen LogP contribution in [0, 0.1) is 6.92 Å². The molecule has 1 fully saturated rings. The second-order valence-corrected chi connectivity index (χ2v) is 8.91. The molecule has 0 bridgehead atoms. The van der Waals surface area contributed by atoms with E-state index in [0.717, 1.165) is 39.3 Å². The number of benzene rings is 2. The molecule has 0 unspecified atom stereocenters. The van der Waals surface area contributed by atoms with Gasteiger partial charge in [-0.25, -0.2) is 13.6 Å². The summed E-state index contributed by atoms with van der Waals surface area (Å²) >= 11 is 0. The lowest BCUT2D eigenvalue weighted by Crippen LogP contribution is -2.48. The molecule has 0 atom stereocenters. The van der Waals surface area contributed by atoms with Crippen LogP contribution in [-0.4, -0.2) is 63.4 Å².